The van der Waals surface area contributed by atoms with E-state index in [-0.39, 0.29) is 5.41 Å². The number of aromatic nitrogens is 4. The van der Waals surface area contributed by atoms with Crippen LogP contribution in [0, 0.1) is 0 Å². The van der Waals surface area contributed by atoms with Crippen LogP contribution in [0.4, 0.5) is 0 Å². The van der Waals surface area contributed by atoms with Crippen molar-refractivity contribution in [2.45, 2.75) is 26.2 Å². The molecule has 0 bridgehead atoms. The lowest BCUT2D eigenvalue weighted by molar-refractivity contribution is 0.590. The Kier molecular flexibility index (Phi) is 20.7. The molecule has 0 spiro atoms. The second-order valence-corrected chi connectivity index (χ2v) is 39.7. The molecule has 0 aliphatic carbocycles. The number of hydrogen-bond acceptors (Lipinski definition) is 4. The molecule has 0 radical (unpaired) electrons. The van der Waals surface area contributed by atoms with Gasteiger partial charge >= 0.3 is 0 Å². The van der Waals surface area contributed by atoms with Gasteiger partial charge in [-0.2, -0.15) is 0 Å². The van der Waals surface area contributed by atoms with Crippen molar-refractivity contribution in [2.24, 2.45) is 0 Å². The molecule has 148 heavy (non-hydrogen) atoms. The zero-order chi connectivity index (χ0) is 98.2. The summed E-state index contributed by atoms with van der Waals surface area (Å²) in [5.41, 5.74) is 37.7. The molecule has 0 saturated carbocycles. The Hall–Kier alpha value is -19.3. The number of fused-ring (bicyclic) bond motifs is 25. The fraction of sp³-hybridized carbons (Fsp3) is 0.0286. The van der Waals surface area contributed by atoms with E-state index in [2.05, 4.69) is 506 Å². The topological polar surface area (TPSA) is 72.3 Å². The Morgan fingerprint density at radius 3 is 0.730 bits per heavy atom. The van der Waals surface area contributed by atoms with Crippen LogP contribution >= 0.6 is 0 Å². The summed E-state index contributed by atoms with van der Waals surface area (Å²) in [7, 11) is 0. The van der Waals surface area contributed by atoms with Gasteiger partial charge in [0.25, 0.3) is 0 Å². The molecule has 8 aromatic heterocycles. The molecule has 0 aliphatic rings. The van der Waals surface area contributed by atoms with Crippen LogP contribution in [0.3, 0.4) is 0 Å². The molecule has 698 valence electrons. The second kappa shape index (κ2) is 35.4. The standard InChI is InChI=1S/C40H25NO.C36H23NO.C34H27NO.C30H19NO/c1-2-10-26(11-3-1)29-21-22-37(31-13-5-4-12-30(29)31)41-36-16-8-6-14-32(36)33-20-18-28(25-38(33)41)27-19-23-40-35(24-27)34-15-7-9-17-39(34)42-40;1-2-8-24(9-3-1)25-14-18-28(19-15-25)37-33-12-6-4-10-29(33)30-20-16-27(23-34(30)37)26-17-21-36-32(22-26)31-11-5-7-13-35(31)38-36;1-34(2,3)24-14-16-25(17-15-24)35-30-10-6-4-8-26(30)27-18-12-23(21-31(27)35)22-13-19-33-29(20-22)28-9-5-7-11-32(28)36-33;1-2-8-22(9-3-1)31-27-12-6-4-10-23(27)24-16-14-21(19-28(24)31)20-15-17-30-26(18-20)25-11-5-7-13-29(25)32-30/h1-25H;1-23H;4-21H,1-3H3;1-19H. The smallest absolute Gasteiger partial charge is 0.135 e. The predicted octanol–water partition coefficient (Wildman–Crippen LogP) is 39.2. The number of nitrogens with zero attached hydrogens (tertiary/aromatic N) is 4. The third kappa shape index (κ3) is 14.9. The van der Waals surface area contributed by atoms with E-state index in [0.29, 0.717) is 0 Å². The van der Waals surface area contributed by atoms with Gasteiger partial charge in [0.15, 0.2) is 0 Å². The van der Waals surface area contributed by atoms with Crippen molar-refractivity contribution in [3.63, 3.8) is 0 Å². The van der Waals surface area contributed by atoms with Crippen molar-refractivity contribution >= 4 is 186 Å². The third-order valence-electron chi connectivity index (χ3n) is 30.0. The SMILES string of the molecule is CC(C)(C)c1ccc(-n2c3ccccc3c3ccc(-c4ccc5oc6ccccc6c5c4)cc32)cc1.c1ccc(-c2ccc(-n3c4ccccc4c4ccc(-c5ccc6oc7ccccc7c6c5)cc43)c3ccccc23)cc1.c1ccc(-c2ccc(-n3c4ccccc4c4ccc(-c5ccc6oc7ccccc7c6c5)cc43)cc2)cc1.c1ccc(-n2c3ccccc3c3ccc(-c4ccc5oc6ccccc6c5c4)cc32)cc1. The third-order valence-corrected chi connectivity index (χ3v) is 30.0. The molecule has 8 nitrogen and oxygen atoms in total. The van der Waals surface area contributed by atoms with Crippen LogP contribution in [0.25, 0.3) is 275 Å². The van der Waals surface area contributed by atoms with Crippen molar-refractivity contribution in [3.05, 3.63) is 521 Å². The number of benzene rings is 23. The molecule has 0 unspecified atom stereocenters. The van der Waals surface area contributed by atoms with Crippen molar-refractivity contribution in [1.29, 1.82) is 0 Å². The van der Waals surface area contributed by atoms with E-state index in [0.717, 1.165) is 93.4 Å². The maximum atomic E-state index is 6.11. The molecule has 23 aromatic carbocycles. The Balaban J connectivity index is 0.0000000955. The summed E-state index contributed by atoms with van der Waals surface area (Å²) in [5, 5.41) is 21.8. The van der Waals surface area contributed by atoms with Crippen LogP contribution in [0.2, 0.25) is 0 Å². The first-order chi connectivity index (χ1) is 73.0. The molecule has 31 rings (SSSR count). The van der Waals surface area contributed by atoms with Gasteiger partial charge in [0.2, 0.25) is 0 Å². The highest BCUT2D eigenvalue weighted by atomic mass is 16.3. The maximum Gasteiger partial charge on any atom is 0.135 e. The van der Waals surface area contributed by atoms with Crippen LogP contribution in [-0.2, 0) is 5.41 Å². The summed E-state index contributed by atoms with van der Waals surface area (Å²) in [6.07, 6.45) is 0. The van der Waals surface area contributed by atoms with Gasteiger partial charge < -0.3 is 35.9 Å². The summed E-state index contributed by atoms with van der Waals surface area (Å²) in [6, 6.07) is 184. The van der Waals surface area contributed by atoms with Gasteiger partial charge in [-0.05, 0) is 247 Å². The van der Waals surface area contributed by atoms with E-state index in [1.807, 2.05) is 48.5 Å². The van der Waals surface area contributed by atoms with Gasteiger partial charge in [-0.15, -0.1) is 0 Å². The van der Waals surface area contributed by atoms with E-state index in [9.17, 15) is 0 Å². The monoisotopic (exact) mass is 1890 g/mol. The molecule has 8 heteroatoms. The minimum atomic E-state index is 0.127. The van der Waals surface area contributed by atoms with Crippen LogP contribution in [-0.4, -0.2) is 18.3 Å². The molecule has 0 saturated heterocycles. The largest absolute Gasteiger partial charge is 0.456 e. The minimum absolute atomic E-state index is 0.127. The average molecular weight is 1900 g/mol. The van der Waals surface area contributed by atoms with E-state index in [4.69, 9.17) is 17.7 Å². The summed E-state index contributed by atoms with van der Waals surface area (Å²) >= 11 is 0. The number of para-hydroxylation sites is 9. The minimum Gasteiger partial charge on any atom is -0.456 e. The van der Waals surface area contributed by atoms with Crippen molar-refractivity contribution in [1.82, 2.24) is 18.3 Å². The quantitative estimate of drug-likeness (QED) is 0.137. The molecular formula is C140H94N4O4. The van der Waals surface area contributed by atoms with Gasteiger partial charge in [-0.1, -0.05) is 373 Å². The van der Waals surface area contributed by atoms with Gasteiger partial charge in [-0.25, -0.2) is 0 Å². The summed E-state index contributed by atoms with van der Waals surface area (Å²) in [5.74, 6) is 0. The van der Waals surface area contributed by atoms with Gasteiger partial charge in [0.05, 0.1) is 49.8 Å². The summed E-state index contributed by atoms with van der Waals surface area (Å²) in [6.45, 7) is 6.78. The lowest BCUT2D eigenvalue weighted by Crippen LogP contribution is -2.10. The second-order valence-electron chi connectivity index (χ2n) is 39.7. The molecule has 8 heterocycles. The summed E-state index contributed by atoms with van der Waals surface area (Å²) in [4.78, 5) is 0. The molecule has 0 atom stereocenters. The zero-order valence-electron chi connectivity index (χ0n) is 81.5. The summed E-state index contributed by atoms with van der Waals surface area (Å²) < 4.78 is 33.8. The van der Waals surface area contributed by atoms with Crippen LogP contribution < -0.4 is 0 Å². The first-order valence-electron chi connectivity index (χ1n) is 50.7. The highest BCUT2D eigenvalue weighted by molar-refractivity contribution is 6.18. The Labute approximate surface area is 852 Å². The maximum absolute atomic E-state index is 6.11. The zero-order valence-corrected chi connectivity index (χ0v) is 81.5. The first-order valence-corrected chi connectivity index (χ1v) is 50.7. The normalized spacial score (nSPS) is 11.9. The Morgan fingerprint density at radius 1 is 0.142 bits per heavy atom. The molecule has 0 N–H and O–H groups in total. The van der Waals surface area contributed by atoms with Crippen molar-refractivity contribution in [3.8, 4) is 89.5 Å². The van der Waals surface area contributed by atoms with E-state index >= 15 is 0 Å². The van der Waals surface area contributed by atoms with E-state index < -0.39 is 0 Å². The molecule has 0 amide bonds. The fourth-order valence-electron chi connectivity index (χ4n) is 22.8. The molecule has 0 fully saturated rings. The average Bonchev–Trinajstić information content (AvgIpc) is 1.58. The first kappa shape index (κ1) is 86.6. The van der Waals surface area contributed by atoms with Crippen LogP contribution in [0.15, 0.2) is 533 Å². The Bertz CT molecular complexity index is 10700. The lowest BCUT2D eigenvalue weighted by atomic mass is 9.87. The Morgan fingerprint density at radius 2 is 0.378 bits per heavy atom. The number of furan rings is 4. The van der Waals surface area contributed by atoms with Gasteiger partial charge in [0, 0.05) is 109 Å². The van der Waals surface area contributed by atoms with Crippen LogP contribution in [0.1, 0.15) is 26.3 Å². The highest BCUT2D eigenvalue weighted by Crippen LogP contribution is 2.47. The van der Waals surface area contributed by atoms with E-state index in [1.165, 1.54) is 187 Å². The fourth-order valence-corrected chi connectivity index (χ4v) is 22.8. The molecular weight excluding hydrogens is 1800 g/mol. The van der Waals surface area contributed by atoms with E-state index in [1.54, 1.807) is 0 Å². The molecule has 31 aromatic rings. The van der Waals surface area contributed by atoms with Crippen LogP contribution in [0.5, 0.6) is 0 Å². The van der Waals surface area contributed by atoms with Crippen molar-refractivity contribution < 1.29 is 17.7 Å². The highest BCUT2D eigenvalue weighted by Gasteiger charge is 2.24. The van der Waals surface area contributed by atoms with Gasteiger partial charge in [0.1, 0.15) is 44.7 Å². The van der Waals surface area contributed by atoms with Gasteiger partial charge in [-0.3, -0.25) is 0 Å². The van der Waals surface area contributed by atoms with Crippen molar-refractivity contribution in [2.75, 3.05) is 0 Å². The predicted molar refractivity (Wildman–Crippen MR) is 621 cm³/mol. The number of rotatable bonds is 10. The molecule has 0 aliphatic heterocycles. The number of hydrogen-bond donors (Lipinski definition) is 0. The lowest BCUT2D eigenvalue weighted by Gasteiger charge is -2.19.